The summed E-state index contributed by atoms with van der Waals surface area (Å²) in [5.41, 5.74) is 3.18. The second-order valence-electron chi connectivity index (χ2n) is 3.32. The van der Waals surface area contributed by atoms with Crippen LogP contribution in [-0.4, -0.2) is 29.3 Å². The van der Waals surface area contributed by atoms with Crippen LogP contribution in [0.2, 0.25) is 0 Å². The van der Waals surface area contributed by atoms with Crippen molar-refractivity contribution in [3.63, 3.8) is 0 Å². The number of nitrogens with one attached hydrogen (secondary N) is 1. The Balaban J connectivity index is 2.30. The first-order valence-corrected chi connectivity index (χ1v) is 5.23. The highest BCUT2D eigenvalue weighted by atomic mass is 16.5. The Morgan fingerprint density at radius 2 is 2.25 bits per heavy atom. The van der Waals surface area contributed by atoms with Crippen LogP contribution in [0.15, 0.2) is 12.4 Å². The molecule has 6 heteroatoms. The summed E-state index contributed by atoms with van der Waals surface area (Å²) in [7, 11) is 0. The summed E-state index contributed by atoms with van der Waals surface area (Å²) in [6.07, 6.45) is 3.24. The molecular weight excluding hydrogens is 208 g/mol. The predicted molar refractivity (Wildman–Crippen MR) is 60.6 cm³/mol. The Bertz CT molecular complexity index is 291. The molecule has 0 saturated carbocycles. The number of anilines is 1. The molecule has 6 nitrogen and oxygen atoms in total. The lowest BCUT2D eigenvalue weighted by Crippen LogP contribution is -2.16. The Labute approximate surface area is 95.1 Å². The SMILES string of the molecule is CCOCC(C)OCc1cnc(NN)cn1. The maximum Gasteiger partial charge on any atom is 0.158 e. The predicted octanol–water partition coefficient (Wildman–Crippen LogP) is 0.704. The van der Waals surface area contributed by atoms with Gasteiger partial charge in [-0.2, -0.15) is 0 Å². The van der Waals surface area contributed by atoms with E-state index in [0.29, 0.717) is 25.6 Å². The quantitative estimate of drug-likeness (QED) is 0.526. The highest BCUT2D eigenvalue weighted by molar-refractivity contribution is 5.28. The molecule has 0 amide bonds. The molecule has 0 spiro atoms. The van der Waals surface area contributed by atoms with Gasteiger partial charge in [-0.15, -0.1) is 0 Å². The van der Waals surface area contributed by atoms with Crippen molar-refractivity contribution in [1.82, 2.24) is 9.97 Å². The van der Waals surface area contributed by atoms with Crippen LogP contribution in [0.5, 0.6) is 0 Å². The fraction of sp³-hybridized carbons (Fsp3) is 0.600. The molecule has 0 aliphatic heterocycles. The van der Waals surface area contributed by atoms with Crippen LogP contribution in [-0.2, 0) is 16.1 Å². The van der Waals surface area contributed by atoms with Gasteiger partial charge in [-0.05, 0) is 13.8 Å². The van der Waals surface area contributed by atoms with Crippen LogP contribution in [0.1, 0.15) is 19.5 Å². The van der Waals surface area contributed by atoms with E-state index in [4.69, 9.17) is 15.3 Å². The maximum absolute atomic E-state index is 5.52. The first-order chi connectivity index (χ1) is 7.76. The van der Waals surface area contributed by atoms with Crippen molar-refractivity contribution in [3.05, 3.63) is 18.1 Å². The fourth-order valence-corrected chi connectivity index (χ4v) is 1.06. The van der Waals surface area contributed by atoms with E-state index < -0.39 is 0 Å². The van der Waals surface area contributed by atoms with Crippen molar-refractivity contribution in [2.24, 2.45) is 5.84 Å². The summed E-state index contributed by atoms with van der Waals surface area (Å²) in [5.74, 6) is 5.71. The largest absolute Gasteiger partial charge is 0.379 e. The molecule has 3 N–H and O–H groups in total. The number of hydrogen-bond donors (Lipinski definition) is 2. The lowest BCUT2D eigenvalue weighted by molar-refractivity contribution is -0.0128. The molecule has 1 heterocycles. The molecule has 0 radical (unpaired) electrons. The first kappa shape index (κ1) is 12.8. The molecule has 1 aromatic rings. The molecule has 1 aromatic heterocycles. The Morgan fingerprint density at radius 3 is 2.81 bits per heavy atom. The smallest absolute Gasteiger partial charge is 0.158 e. The molecule has 0 bridgehead atoms. The average Bonchev–Trinajstić information content (AvgIpc) is 2.34. The number of hydrazine groups is 1. The zero-order chi connectivity index (χ0) is 11.8. The Morgan fingerprint density at radius 1 is 1.44 bits per heavy atom. The number of nitrogens with zero attached hydrogens (tertiary/aromatic N) is 2. The van der Waals surface area contributed by atoms with Gasteiger partial charge in [0.05, 0.1) is 37.4 Å². The van der Waals surface area contributed by atoms with E-state index in [-0.39, 0.29) is 6.10 Å². The Kier molecular flexibility index (Phi) is 5.69. The van der Waals surface area contributed by atoms with Gasteiger partial charge in [-0.25, -0.2) is 10.8 Å². The normalized spacial score (nSPS) is 12.4. The molecule has 0 aliphatic rings. The van der Waals surface area contributed by atoms with Crippen LogP contribution in [0, 0.1) is 0 Å². The summed E-state index contributed by atoms with van der Waals surface area (Å²) in [4.78, 5) is 8.16. The third-order valence-corrected chi connectivity index (χ3v) is 1.93. The van der Waals surface area contributed by atoms with Gasteiger partial charge in [-0.1, -0.05) is 0 Å². The average molecular weight is 226 g/mol. The van der Waals surface area contributed by atoms with Gasteiger partial charge < -0.3 is 14.9 Å². The van der Waals surface area contributed by atoms with Gasteiger partial charge in [0.2, 0.25) is 0 Å². The third-order valence-electron chi connectivity index (χ3n) is 1.93. The molecule has 1 rings (SSSR count). The second kappa shape index (κ2) is 7.10. The van der Waals surface area contributed by atoms with E-state index in [0.717, 1.165) is 5.69 Å². The van der Waals surface area contributed by atoms with Crippen molar-refractivity contribution in [2.75, 3.05) is 18.6 Å². The van der Waals surface area contributed by atoms with E-state index in [2.05, 4.69) is 15.4 Å². The van der Waals surface area contributed by atoms with Gasteiger partial charge in [0.1, 0.15) is 0 Å². The van der Waals surface area contributed by atoms with Crippen molar-refractivity contribution >= 4 is 5.82 Å². The minimum atomic E-state index is 0.0501. The number of nitrogens with two attached hydrogens (primary N) is 1. The van der Waals surface area contributed by atoms with Crippen LogP contribution in [0.25, 0.3) is 0 Å². The van der Waals surface area contributed by atoms with Gasteiger partial charge in [-0.3, -0.25) is 4.98 Å². The summed E-state index contributed by atoms with van der Waals surface area (Å²) >= 11 is 0. The minimum Gasteiger partial charge on any atom is -0.379 e. The summed E-state index contributed by atoms with van der Waals surface area (Å²) in [5, 5.41) is 0. The number of aromatic nitrogens is 2. The number of rotatable bonds is 7. The summed E-state index contributed by atoms with van der Waals surface area (Å²) in [6, 6.07) is 0. The highest BCUT2D eigenvalue weighted by Gasteiger charge is 2.03. The Hall–Kier alpha value is -1.24. The lowest BCUT2D eigenvalue weighted by atomic mass is 10.4. The lowest BCUT2D eigenvalue weighted by Gasteiger charge is -2.12. The summed E-state index contributed by atoms with van der Waals surface area (Å²) in [6.45, 7) is 5.62. The molecule has 16 heavy (non-hydrogen) atoms. The highest BCUT2D eigenvalue weighted by Crippen LogP contribution is 2.02. The zero-order valence-corrected chi connectivity index (χ0v) is 9.64. The molecule has 1 unspecified atom stereocenters. The third kappa shape index (κ3) is 4.52. The van der Waals surface area contributed by atoms with Crippen molar-refractivity contribution in [1.29, 1.82) is 0 Å². The zero-order valence-electron chi connectivity index (χ0n) is 9.64. The number of ether oxygens (including phenoxy) is 2. The molecule has 0 saturated heterocycles. The van der Waals surface area contributed by atoms with Crippen LogP contribution in [0.3, 0.4) is 0 Å². The fourth-order valence-electron chi connectivity index (χ4n) is 1.06. The van der Waals surface area contributed by atoms with Gasteiger partial charge in [0.25, 0.3) is 0 Å². The number of nitrogen functional groups attached to an aromatic ring is 1. The van der Waals surface area contributed by atoms with Crippen molar-refractivity contribution in [2.45, 2.75) is 26.6 Å². The van der Waals surface area contributed by atoms with Gasteiger partial charge >= 0.3 is 0 Å². The van der Waals surface area contributed by atoms with E-state index in [1.165, 1.54) is 0 Å². The van der Waals surface area contributed by atoms with Gasteiger partial charge in [0, 0.05) is 6.61 Å². The topological polar surface area (TPSA) is 82.3 Å². The van der Waals surface area contributed by atoms with E-state index in [1.807, 2.05) is 13.8 Å². The molecule has 0 aromatic carbocycles. The van der Waals surface area contributed by atoms with E-state index in [1.54, 1.807) is 12.4 Å². The van der Waals surface area contributed by atoms with Crippen LogP contribution >= 0.6 is 0 Å². The van der Waals surface area contributed by atoms with Gasteiger partial charge in [0.15, 0.2) is 5.82 Å². The standard InChI is InChI=1S/C10H18N4O2/c1-3-15-6-8(2)16-7-9-4-13-10(14-11)5-12-9/h4-5,8H,3,6-7,11H2,1-2H3,(H,13,14). The minimum absolute atomic E-state index is 0.0501. The van der Waals surface area contributed by atoms with Crippen molar-refractivity contribution < 1.29 is 9.47 Å². The molecule has 90 valence electrons. The molecule has 0 aliphatic carbocycles. The molecular formula is C10H18N4O2. The monoisotopic (exact) mass is 226 g/mol. The van der Waals surface area contributed by atoms with Crippen molar-refractivity contribution in [3.8, 4) is 0 Å². The summed E-state index contributed by atoms with van der Waals surface area (Å²) < 4.78 is 10.8. The molecule has 1 atom stereocenters. The molecule has 0 fully saturated rings. The van der Waals surface area contributed by atoms with E-state index in [9.17, 15) is 0 Å². The maximum atomic E-state index is 5.52. The van der Waals surface area contributed by atoms with E-state index >= 15 is 0 Å². The van der Waals surface area contributed by atoms with Crippen LogP contribution < -0.4 is 11.3 Å². The second-order valence-corrected chi connectivity index (χ2v) is 3.32. The number of hydrogen-bond acceptors (Lipinski definition) is 6. The van der Waals surface area contributed by atoms with Crippen LogP contribution in [0.4, 0.5) is 5.82 Å². The first-order valence-electron chi connectivity index (χ1n) is 5.23.